The lowest BCUT2D eigenvalue weighted by atomic mass is 9.64. The third kappa shape index (κ3) is 5.72. The maximum Gasteiger partial charge on any atom is 0.0754 e. The van der Waals surface area contributed by atoms with Crippen LogP contribution in [0.1, 0.15) is 66.8 Å². The van der Waals surface area contributed by atoms with Gasteiger partial charge in [-0.1, -0.05) is 273 Å². The molecule has 0 saturated heterocycles. The average molecular weight is 1040 g/mol. The minimum Gasteiger partial charge on any atom is -0.310 e. The molecule has 0 radical (unpaired) electrons. The van der Waals surface area contributed by atoms with Crippen LogP contribution in [-0.2, 0) is 16.2 Å². The van der Waals surface area contributed by atoms with Crippen molar-refractivity contribution in [3.63, 3.8) is 0 Å². The molecule has 0 unspecified atom stereocenters. The second kappa shape index (κ2) is 16.8. The third-order valence-electron chi connectivity index (χ3n) is 19.4. The van der Waals surface area contributed by atoms with Gasteiger partial charge in [-0.25, -0.2) is 0 Å². The Hall–Kier alpha value is -10.3. The van der Waals surface area contributed by atoms with Crippen LogP contribution in [-0.4, -0.2) is 0 Å². The van der Waals surface area contributed by atoms with Gasteiger partial charge in [0, 0.05) is 5.69 Å². The van der Waals surface area contributed by atoms with Crippen molar-refractivity contribution in [2.24, 2.45) is 0 Å². The number of hydrogen-bond acceptors (Lipinski definition) is 1. The molecule has 1 nitrogen and oxygen atoms in total. The first-order valence-electron chi connectivity index (χ1n) is 28.8. The topological polar surface area (TPSA) is 3.24 Å². The molecule has 0 amide bonds. The standard InChI is InChI=1S/C81H51N/c1-2-20-58(21-3-1)82-77-36-18-16-34-73(77)81(74-35-17-19-37-78(74)82)72-33-15-9-27-64(72)66-49-43-55(51-76(66)81)53-40-46-57(47-41-53)79(67-28-10-4-22-59(67)60-23-5-11-29-68(60)79)56-44-38-52(39-45-56)54-42-48-65-63-26-8-14-32-71(63)80(75(65)50-54)69-30-12-6-24-61(69)62-25-7-13-31-70(62)80/h1-51H. The molecule has 13 aromatic rings. The highest BCUT2D eigenvalue weighted by atomic mass is 15.2. The second-order valence-corrected chi connectivity index (χ2v) is 22.9. The van der Waals surface area contributed by atoms with E-state index in [1.54, 1.807) is 0 Å². The maximum atomic E-state index is 2.51. The van der Waals surface area contributed by atoms with Crippen LogP contribution < -0.4 is 4.90 Å². The summed E-state index contributed by atoms with van der Waals surface area (Å²) in [5, 5.41) is 0. The molecule has 0 N–H and O–H groups in total. The fourth-order valence-electron chi connectivity index (χ4n) is 16.3. The fraction of sp³-hybridized carbons (Fsp3) is 0.0370. The van der Waals surface area contributed by atoms with Crippen molar-refractivity contribution in [1.82, 2.24) is 0 Å². The Balaban J connectivity index is 0.777. The molecule has 0 fully saturated rings. The smallest absolute Gasteiger partial charge is 0.0754 e. The van der Waals surface area contributed by atoms with E-state index in [1.165, 1.54) is 145 Å². The molecule has 13 aromatic carbocycles. The Kier molecular flexibility index (Phi) is 9.35. The van der Waals surface area contributed by atoms with Crippen LogP contribution in [0, 0.1) is 0 Å². The number of hydrogen-bond donors (Lipinski definition) is 0. The van der Waals surface area contributed by atoms with E-state index in [4.69, 9.17) is 0 Å². The minimum absolute atomic E-state index is 0.397. The van der Waals surface area contributed by atoms with Crippen molar-refractivity contribution >= 4 is 17.1 Å². The van der Waals surface area contributed by atoms with Crippen molar-refractivity contribution in [3.8, 4) is 66.8 Å². The van der Waals surface area contributed by atoms with E-state index in [-0.39, 0.29) is 0 Å². The van der Waals surface area contributed by atoms with Crippen molar-refractivity contribution in [2.45, 2.75) is 16.2 Å². The first kappa shape index (κ1) is 45.5. The van der Waals surface area contributed by atoms with Crippen LogP contribution in [0.25, 0.3) is 66.8 Å². The molecule has 2 spiro atoms. The van der Waals surface area contributed by atoms with Crippen LogP contribution in [0.4, 0.5) is 17.1 Å². The summed E-state index contributed by atoms with van der Waals surface area (Å²) in [6, 6.07) is 117. The van der Waals surface area contributed by atoms with E-state index in [1.807, 2.05) is 0 Å². The molecule has 380 valence electrons. The Labute approximate surface area is 478 Å². The number of nitrogens with zero attached hydrogens (tertiary/aromatic N) is 1. The van der Waals surface area contributed by atoms with Gasteiger partial charge in [0.1, 0.15) is 0 Å². The van der Waals surface area contributed by atoms with Gasteiger partial charge in [-0.05, 0) is 170 Å². The normalized spacial score (nSPS) is 14.9. The predicted octanol–water partition coefficient (Wildman–Crippen LogP) is 19.9. The summed E-state index contributed by atoms with van der Waals surface area (Å²) in [4.78, 5) is 2.46. The van der Waals surface area contributed by atoms with Gasteiger partial charge in [0.2, 0.25) is 0 Å². The van der Waals surface area contributed by atoms with Crippen LogP contribution in [0.2, 0.25) is 0 Å². The monoisotopic (exact) mass is 1040 g/mol. The van der Waals surface area contributed by atoms with Crippen LogP contribution >= 0.6 is 0 Å². The summed E-state index contributed by atoms with van der Waals surface area (Å²) in [6.07, 6.45) is 0. The van der Waals surface area contributed by atoms with Gasteiger partial charge in [0.25, 0.3) is 0 Å². The SMILES string of the molecule is c1ccc(N2c3ccccc3C3(c4ccccc4-c4ccc(-c5ccc(C6(c7ccc(-c8ccc9c(c8)C8(c%10ccccc%10-c%10ccccc%108)c8ccccc8-9)cc7)c7ccccc7-c7ccccc76)cc5)cc43)c3ccccc32)cc1. The van der Waals surface area contributed by atoms with Gasteiger partial charge in [-0.15, -0.1) is 0 Å². The van der Waals surface area contributed by atoms with Crippen molar-refractivity contribution in [2.75, 3.05) is 4.90 Å². The molecule has 0 bridgehead atoms. The number of fused-ring (bicyclic) bond motifs is 22. The zero-order chi connectivity index (χ0) is 53.7. The minimum atomic E-state index is -0.561. The molecular weight excluding hydrogens is 987 g/mol. The first-order valence-corrected chi connectivity index (χ1v) is 28.8. The van der Waals surface area contributed by atoms with Crippen LogP contribution in [0.5, 0.6) is 0 Å². The van der Waals surface area contributed by atoms with Crippen molar-refractivity contribution in [1.29, 1.82) is 0 Å². The molecule has 18 rings (SSSR count). The van der Waals surface area contributed by atoms with E-state index < -0.39 is 16.2 Å². The lowest BCUT2D eigenvalue weighted by Gasteiger charge is -2.45. The van der Waals surface area contributed by atoms with Gasteiger partial charge in [-0.3, -0.25) is 0 Å². The van der Waals surface area contributed by atoms with Gasteiger partial charge < -0.3 is 4.90 Å². The molecule has 1 heteroatoms. The van der Waals surface area contributed by atoms with Crippen LogP contribution in [0.3, 0.4) is 0 Å². The predicted molar refractivity (Wildman–Crippen MR) is 336 cm³/mol. The van der Waals surface area contributed by atoms with E-state index in [0.717, 1.165) is 5.69 Å². The van der Waals surface area contributed by atoms with E-state index in [9.17, 15) is 0 Å². The lowest BCUT2D eigenvalue weighted by molar-refractivity contribution is 0.753. The highest BCUT2D eigenvalue weighted by molar-refractivity contribution is 5.99. The largest absolute Gasteiger partial charge is 0.310 e. The highest BCUT2D eigenvalue weighted by Gasteiger charge is 2.54. The third-order valence-corrected chi connectivity index (χ3v) is 19.4. The number of para-hydroxylation sites is 3. The lowest BCUT2D eigenvalue weighted by Crippen LogP contribution is -2.36. The van der Waals surface area contributed by atoms with Crippen LogP contribution in [0.15, 0.2) is 309 Å². The number of anilines is 3. The first-order chi connectivity index (χ1) is 40.7. The van der Waals surface area contributed by atoms with E-state index in [2.05, 4.69) is 314 Å². The Bertz CT molecular complexity index is 4650. The average Bonchev–Trinajstić information content (AvgIpc) is 4.39. The zero-order valence-electron chi connectivity index (χ0n) is 44.9. The summed E-state index contributed by atoms with van der Waals surface area (Å²) < 4.78 is 0. The molecule has 1 heterocycles. The maximum absolute atomic E-state index is 2.51. The molecule has 0 saturated carbocycles. The summed E-state index contributed by atoms with van der Waals surface area (Å²) >= 11 is 0. The molecule has 4 aliphatic carbocycles. The van der Waals surface area contributed by atoms with Gasteiger partial charge >= 0.3 is 0 Å². The summed E-state index contributed by atoms with van der Waals surface area (Å²) in [7, 11) is 0. The summed E-state index contributed by atoms with van der Waals surface area (Å²) in [6.45, 7) is 0. The number of benzene rings is 13. The Morgan fingerprint density at radius 1 is 0.183 bits per heavy atom. The second-order valence-electron chi connectivity index (χ2n) is 22.9. The molecular formula is C81H51N. The molecule has 0 aromatic heterocycles. The fourth-order valence-corrected chi connectivity index (χ4v) is 16.3. The quantitative estimate of drug-likeness (QED) is 0.166. The molecule has 0 atom stereocenters. The van der Waals surface area contributed by atoms with E-state index in [0.29, 0.717) is 0 Å². The Morgan fingerprint density at radius 2 is 0.451 bits per heavy atom. The summed E-state index contributed by atoms with van der Waals surface area (Å²) in [5.41, 5.74) is 33.1. The van der Waals surface area contributed by atoms with Gasteiger partial charge in [0.05, 0.1) is 27.6 Å². The number of rotatable bonds is 5. The molecule has 82 heavy (non-hydrogen) atoms. The van der Waals surface area contributed by atoms with Crippen molar-refractivity contribution in [3.05, 3.63) is 376 Å². The van der Waals surface area contributed by atoms with Gasteiger partial charge in [-0.2, -0.15) is 0 Å². The Morgan fingerprint density at radius 3 is 0.817 bits per heavy atom. The molecule has 5 aliphatic rings. The van der Waals surface area contributed by atoms with E-state index >= 15 is 0 Å². The summed E-state index contributed by atoms with van der Waals surface area (Å²) in [5.74, 6) is 0. The zero-order valence-corrected chi connectivity index (χ0v) is 44.9. The van der Waals surface area contributed by atoms with Gasteiger partial charge in [0.15, 0.2) is 0 Å². The highest BCUT2D eigenvalue weighted by Crippen LogP contribution is 2.66. The van der Waals surface area contributed by atoms with Crippen molar-refractivity contribution < 1.29 is 0 Å². The molecule has 1 aliphatic heterocycles.